The van der Waals surface area contributed by atoms with Crippen molar-refractivity contribution in [3.05, 3.63) is 0 Å². The second-order valence-corrected chi connectivity index (χ2v) is 7.15. The number of hydrogen-bond donors (Lipinski definition) is 1. The van der Waals surface area contributed by atoms with E-state index in [0.29, 0.717) is 0 Å². The molecule has 0 aromatic rings. The highest BCUT2D eigenvalue weighted by Crippen LogP contribution is 2.24. The van der Waals surface area contributed by atoms with E-state index in [1.54, 1.807) is 0 Å². The first-order valence-corrected chi connectivity index (χ1v) is 9.01. The molecule has 1 saturated carbocycles. The first kappa shape index (κ1) is 14.7. The number of piperidine rings is 1. The summed E-state index contributed by atoms with van der Waals surface area (Å²) >= 11 is 2.22. The fraction of sp³-hybridized carbons (Fsp3) is 1.00. The van der Waals surface area contributed by atoms with Crippen LogP contribution >= 0.6 is 11.8 Å². The Bertz CT molecular complexity index is 211. The average molecular weight is 270 g/mol. The maximum absolute atomic E-state index is 3.45. The van der Waals surface area contributed by atoms with Gasteiger partial charge in [-0.1, -0.05) is 26.2 Å². The van der Waals surface area contributed by atoms with Crippen LogP contribution in [0, 0.1) is 0 Å². The largest absolute Gasteiger partial charge is 0.317 e. The quantitative estimate of drug-likeness (QED) is 0.798. The molecule has 1 saturated heterocycles. The van der Waals surface area contributed by atoms with Crippen molar-refractivity contribution in [2.45, 2.75) is 63.2 Å². The molecular weight excluding hydrogens is 240 g/mol. The van der Waals surface area contributed by atoms with E-state index in [-0.39, 0.29) is 0 Å². The molecule has 0 aromatic heterocycles. The van der Waals surface area contributed by atoms with Crippen LogP contribution in [0.15, 0.2) is 0 Å². The molecule has 3 heteroatoms. The van der Waals surface area contributed by atoms with Crippen molar-refractivity contribution in [1.82, 2.24) is 10.2 Å². The molecule has 0 radical (unpaired) electrons. The van der Waals surface area contributed by atoms with Gasteiger partial charge in [0.2, 0.25) is 0 Å². The molecule has 2 rings (SSSR count). The zero-order chi connectivity index (χ0) is 12.6. The van der Waals surface area contributed by atoms with Crippen LogP contribution in [0.4, 0.5) is 0 Å². The summed E-state index contributed by atoms with van der Waals surface area (Å²) in [6.45, 7) is 7.37. The summed E-state index contributed by atoms with van der Waals surface area (Å²) in [5, 5.41) is 4.38. The minimum Gasteiger partial charge on any atom is -0.317 e. The summed E-state index contributed by atoms with van der Waals surface area (Å²) in [4.78, 5) is 2.74. The van der Waals surface area contributed by atoms with E-state index in [1.165, 1.54) is 76.9 Å². The van der Waals surface area contributed by atoms with Crippen molar-refractivity contribution >= 4 is 11.8 Å². The Morgan fingerprint density at radius 2 is 1.78 bits per heavy atom. The Labute approximate surface area is 117 Å². The van der Waals surface area contributed by atoms with E-state index >= 15 is 0 Å². The molecule has 2 nitrogen and oxygen atoms in total. The van der Waals surface area contributed by atoms with E-state index in [2.05, 4.69) is 28.9 Å². The molecule has 1 N–H and O–H groups in total. The number of thioether (sulfide) groups is 1. The number of hydrogen-bond acceptors (Lipinski definition) is 3. The molecule has 106 valence electrons. The van der Waals surface area contributed by atoms with Crippen LogP contribution in [0.3, 0.4) is 0 Å². The van der Waals surface area contributed by atoms with Gasteiger partial charge in [0.1, 0.15) is 0 Å². The maximum Gasteiger partial charge on any atom is 0.00954 e. The lowest BCUT2D eigenvalue weighted by Gasteiger charge is -2.34. The monoisotopic (exact) mass is 270 g/mol. The second-order valence-electron chi connectivity index (χ2n) is 5.74. The lowest BCUT2D eigenvalue weighted by molar-refractivity contribution is 0.173. The second kappa shape index (κ2) is 8.44. The lowest BCUT2D eigenvalue weighted by atomic mass is 9.94. The Hall–Kier alpha value is 0.270. The van der Waals surface area contributed by atoms with Crippen LogP contribution in [-0.4, -0.2) is 48.1 Å². The van der Waals surface area contributed by atoms with Crippen LogP contribution in [0.25, 0.3) is 0 Å². The Morgan fingerprint density at radius 3 is 2.44 bits per heavy atom. The van der Waals surface area contributed by atoms with Gasteiger partial charge < -0.3 is 5.32 Å². The van der Waals surface area contributed by atoms with Crippen LogP contribution in [-0.2, 0) is 0 Å². The van der Waals surface area contributed by atoms with Crippen molar-refractivity contribution in [3.63, 3.8) is 0 Å². The standard InChI is InChI=1S/C15H30N2S/c1-2-17(14-6-4-3-5-7-14)12-13-18-15-8-10-16-11-9-15/h14-16H,2-13H2,1H3. The van der Waals surface area contributed by atoms with Gasteiger partial charge in [-0.3, -0.25) is 4.90 Å². The highest BCUT2D eigenvalue weighted by atomic mass is 32.2. The Morgan fingerprint density at radius 1 is 1.06 bits per heavy atom. The van der Waals surface area contributed by atoms with E-state index < -0.39 is 0 Å². The van der Waals surface area contributed by atoms with Crippen LogP contribution in [0.5, 0.6) is 0 Å². The van der Waals surface area contributed by atoms with Gasteiger partial charge in [-0.15, -0.1) is 0 Å². The van der Waals surface area contributed by atoms with Gasteiger partial charge in [0.15, 0.2) is 0 Å². The summed E-state index contributed by atoms with van der Waals surface area (Å²) in [7, 11) is 0. The molecule has 2 aliphatic rings. The highest BCUT2D eigenvalue weighted by molar-refractivity contribution is 7.99. The van der Waals surface area contributed by atoms with Crippen molar-refractivity contribution in [2.24, 2.45) is 0 Å². The van der Waals surface area contributed by atoms with Crippen molar-refractivity contribution in [2.75, 3.05) is 31.9 Å². The molecule has 1 heterocycles. The Balaban J connectivity index is 1.63. The normalized spacial score (nSPS) is 23.7. The SMILES string of the molecule is CCN(CCSC1CCNCC1)C1CCCCC1. The topological polar surface area (TPSA) is 15.3 Å². The zero-order valence-electron chi connectivity index (χ0n) is 12.0. The third-order valence-corrected chi connectivity index (χ3v) is 5.88. The first-order chi connectivity index (χ1) is 8.90. The third kappa shape index (κ3) is 4.75. The van der Waals surface area contributed by atoms with E-state index in [0.717, 1.165) is 11.3 Å². The van der Waals surface area contributed by atoms with E-state index in [4.69, 9.17) is 0 Å². The summed E-state index contributed by atoms with van der Waals surface area (Å²) < 4.78 is 0. The molecule has 0 amide bonds. The van der Waals surface area contributed by atoms with Gasteiger partial charge in [-0.05, 0) is 45.3 Å². The van der Waals surface area contributed by atoms with E-state index in [1.807, 2.05) is 0 Å². The molecule has 18 heavy (non-hydrogen) atoms. The van der Waals surface area contributed by atoms with Crippen LogP contribution < -0.4 is 5.32 Å². The van der Waals surface area contributed by atoms with Crippen LogP contribution in [0.1, 0.15) is 51.9 Å². The number of nitrogens with zero attached hydrogens (tertiary/aromatic N) is 1. The fourth-order valence-electron chi connectivity index (χ4n) is 3.34. The minimum atomic E-state index is 0.900. The molecule has 0 aromatic carbocycles. The molecule has 0 unspecified atom stereocenters. The number of nitrogens with one attached hydrogen (secondary N) is 1. The van der Waals surface area contributed by atoms with Gasteiger partial charge in [-0.25, -0.2) is 0 Å². The summed E-state index contributed by atoms with van der Waals surface area (Å²) in [5.74, 6) is 1.34. The molecule has 2 fully saturated rings. The van der Waals surface area contributed by atoms with Gasteiger partial charge in [0, 0.05) is 23.6 Å². The summed E-state index contributed by atoms with van der Waals surface area (Å²) in [6.07, 6.45) is 10.0. The van der Waals surface area contributed by atoms with Crippen LogP contribution in [0.2, 0.25) is 0 Å². The summed E-state index contributed by atoms with van der Waals surface area (Å²) in [6, 6.07) is 0.900. The van der Waals surface area contributed by atoms with Gasteiger partial charge in [0.05, 0.1) is 0 Å². The third-order valence-electron chi connectivity index (χ3n) is 4.52. The smallest absolute Gasteiger partial charge is 0.00954 e. The average Bonchev–Trinajstić information content (AvgIpc) is 2.46. The van der Waals surface area contributed by atoms with Crippen molar-refractivity contribution in [3.8, 4) is 0 Å². The predicted octanol–water partition coefficient (Wildman–Crippen LogP) is 3.13. The molecular formula is C15H30N2S. The molecule has 1 aliphatic heterocycles. The number of rotatable bonds is 6. The maximum atomic E-state index is 3.45. The fourth-order valence-corrected chi connectivity index (χ4v) is 4.59. The molecule has 0 bridgehead atoms. The van der Waals surface area contributed by atoms with Gasteiger partial charge in [-0.2, -0.15) is 11.8 Å². The molecule has 1 aliphatic carbocycles. The van der Waals surface area contributed by atoms with Gasteiger partial charge in [0.25, 0.3) is 0 Å². The zero-order valence-corrected chi connectivity index (χ0v) is 12.8. The van der Waals surface area contributed by atoms with Gasteiger partial charge >= 0.3 is 0 Å². The minimum absolute atomic E-state index is 0.900. The summed E-state index contributed by atoms with van der Waals surface area (Å²) in [5.41, 5.74) is 0. The molecule has 0 atom stereocenters. The lowest BCUT2D eigenvalue weighted by Crippen LogP contribution is -2.38. The van der Waals surface area contributed by atoms with Crippen molar-refractivity contribution < 1.29 is 0 Å². The van der Waals surface area contributed by atoms with Crippen molar-refractivity contribution in [1.29, 1.82) is 0 Å². The Kier molecular flexibility index (Phi) is 6.88. The highest BCUT2D eigenvalue weighted by Gasteiger charge is 2.20. The molecule has 0 spiro atoms. The van der Waals surface area contributed by atoms with E-state index in [9.17, 15) is 0 Å². The predicted molar refractivity (Wildman–Crippen MR) is 82.5 cm³/mol. The first-order valence-electron chi connectivity index (χ1n) is 7.96.